The predicted molar refractivity (Wildman–Crippen MR) is 101 cm³/mol. The zero-order valence-corrected chi connectivity index (χ0v) is 15.5. The number of carbonyl (C=O) groups is 1. The van der Waals surface area contributed by atoms with Crippen LogP contribution >= 0.6 is 0 Å². The van der Waals surface area contributed by atoms with E-state index in [4.69, 9.17) is 0 Å². The molecule has 8 heteroatoms. The van der Waals surface area contributed by atoms with Crippen molar-refractivity contribution < 1.29 is 4.79 Å². The SMILES string of the molecule is Cn1cc(NC(=O)N[C@@H]2C3CN4CCN(C3)CC2(c2ccccc2)C4)nn1. The van der Waals surface area contributed by atoms with Crippen molar-refractivity contribution in [3.8, 4) is 0 Å². The summed E-state index contributed by atoms with van der Waals surface area (Å²) >= 11 is 0. The van der Waals surface area contributed by atoms with Gasteiger partial charge in [0.15, 0.2) is 5.82 Å². The molecule has 2 unspecified atom stereocenters. The average molecular weight is 367 g/mol. The number of aromatic nitrogens is 3. The van der Waals surface area contributed by atoms with Crippen molar-refractivity contribution in [3.05, 3.63) is 42.1 Å². The van der Waals surface area contributed by atoms with Crippen LogP contribution in [0.4, 0.5) is 10.6 Å². The highest BCUT2D eigenvalue weighted by Gasteiger charge is 2.55. The highest BCUT2D eigenvalue weighted by atomic mass is 16.2. The Bertz CT molecular complexity index is 820. The van der Waals surface area contributed by atoms with Gasteiger partial charge in [-0.3, -0.25) is 10.00 Å². The molecule has 4 aliphatic heterocycles. The Morgan fingerprint density at radius 3 is 2.48 bits per heavy atom. The summed E-state index contributed by atoms with van der Waals surface area (Å²) in [7, 11) is 1.78. The molecule has 0 spiro atoms. The van der Waals surface area contributed by atoms with Crippen molar-refractivity contribution in [2.24, 2.45) is 13.0 Å². The minimum atomic E-state index is -0.202. The smallest absolute Gasteiger partial charge is 0.320 e. The van der Waals surface area contributed by atoms with Crippen molar-refractivity contribution in [1.29, 1.82) is 0 Å². The monoisotopic (exact) mass is 367 g/mol. The van der Waals surface area contributed by atoms with Crippen LogP contribution in [0.2, 0.25) is 0 Å². The van der Waals surface area contributed by atoms with Crippen LogP contribution in [0.25, 0.3) is 0 Å². The molecule has 0 saturated carbocycles. The lowest BCUT2D eigenvalue weighted by Gasteiger charge is -2.55. The Morgan fingerprint density at radius 1 is 1.15 bits per heavy atom. The van der Waals surface area contributed by atoms with E-state index in [0.29, 0.717) is 11.7 Å². The lowest BCUT2D eigenvalue weighted by atomic mass is 9.64. The third kappa shape index (κ3) is 2.89. The third-order valence-corrected chi connectivity index (χ3v) is 6.28. The molecular weight excluding hydrogens is 342 g/mol. The topological polar surface area (TPSA) is 78.3 Å². The number of hydrogen-bond acceptors (Lipinski definition) is 5. The van der Waals surface area contributed by atoms with E-state index in [9.17, 15) is 4.79 Å². The minimum Gasteiger partial charge on any atom is -0.334 e. The number of rotatable bonds is 3. The van der Waals surface area contributed by atoms with Crippen LogP contribution < -0.4 is 10.6 Å². The van der Waals surface area contributed by atoms with Gasteiger partial charge in [0.2, 0.25) is 0 Å². The van der Waals surface area contributed by atoms with Gasteiger partial charge in [0.05, 0.1) is 6.20 Å². The first-order valence-electron chi connectivity index (χ1n) is 9.56. The maximum atomic E-state index is 12.7. The highest BCUT2D eigenvalue weighted by molar-refractivity contribution is 5.88. The molecule has 3 atom stereocenters. The van der Waals surface area contributed by atoms with Gasteiger partial charge in [-0.2, -0.15) is 0 Å². The number of hydrogen-bond donors (Lipinski definition) is 2. The zero-order valence-electron chi connectivity index (χ0n) is 15.5. The number of nitrogens with zero attached hydrogens (tertiary/aromatic N) is 5. The lowest BCUT2D eigenvalue weighted by molar-refractivity contribution is 0.0238. The number of urea groups is 1. The zero-order chi connectivity index (χ0) is 18.4. The fraction of sp³-hybridized carbons (Fsp3) is 0.526. The lowest BCUT2D eigenvalue weighted by Crippen LogP contribution is -2.71. The van der Waals surface area contributed by atoms with Crippen LogP contribution in [0.3, 0.4) is 0 Å². The molecule has 27 heavy (non-hydrogen) atoms. The molecule has 1 aromatic carbocycles. The molecule has 4 saturated heterocycles. The number of carbonyl (C=O) groups excluding carboxylic acids is 1. The van der Waals surface area contributed by atoms with Gasteiger partial charge in [-0.15, -0.1) is 5.10 Å². The molecule has 4 aliphatic rings. The summed E-state index contributed by atoms with van der Waals surface area (Å²) in [6.07, 6.45) is 1.70. The molecule has 5 heterocycles. The number of anilines is 1. The summed E-state index contributed by atoms with van der Waals surface area (Å²) in [4.78, 5) is 17.9. The van der Waals surface area contributed by atoms with Crippen molar-refractivity contribution in [2.75, 3.05) is 44.6 Å². The summed E-state index contributed by atoms with van der Waals surface area (Å²) in [5, 5.41) is 14.0. The number of fused-ring (bicyclic) bond motifs is 1. The van der Waals surface area contributed by atoms with E-state index in [1.165, 1.54) is 5.56 Å². The standard InChI is InChI=1S/C19H25N7O/c1-24-11-16(22-23-24)20-18(27)21-17-14-9-25-7-8-26(10-14)13-19(17,12-25)15-5-3-2-4-6-15/h2-6,11,14,17H,7-10,12-13H2,1H3,(H2,20,21,27)/t14?,17-,19?/m1/s1. The maximum absolute atomic E-state index is 12.7. The fourth-order valence-corrected chi connectivity index (χ4v) is 5.27. The van der Waals surface area contributed by atoms with Gasteiger partial charge in [-0.05, 0) is 5.56 Å². The van der Waals surface area contributed by atoms with Crippen molar-refractivity contribution >= 4 is 11.8 Å². The minimum absolute atomic E-state index is 0.0847. The summed E-state index contributed by atoms with van der Waals surface area (Å²) in [5.41, 5.74) is 1.23. The molecule has 2 aromatic rings. The van der Waals surface area contributed by atoms with E-state index in [1.807, 2.05) is 0 Å². The van der Waals surface area contributed by atoms with Crippen LogP contribution in [0.5, 0.6) is 0 Å². The second kappa shape index (κ2) is 6.31. The van der Waals surface area contributed by atoms with E-state index in [2.05, 4.69) is 61.1 Å². The van der Waals surface area contributed by atoms with E-state index in [-0.39, 0.29) is 17.5 Å². The molecular formula is C19H25N7O. The van der Waals surface area contributed by atoms with Crippen LogP contribution in [-0.2, 0) is 12.5 Å². The predicted octanol–water partition coefficient (Wildman–Crippen LogP) is 0.504. The molecule has 0 aliphatic carbocycles. The van der Waals surface area contributed by atoms with E-state index in [0.717, 1.165) is 39.3 Å². The molecule has 2 amide bonds. The number of benzene rings is 1. The van der Waals surface area contributed by atoms with Gasteiger partial charge in [0.25, 0.3) is 0 Å². The summed E-state index contributed by atoms with van der Waals surface area (Å²) in [6.45, 7) is 6.29. The fourth-order valence-electron chi connectivity index (χ4n) is 5.27. The number of amides is 2. The van der Waals surface area contributed by atoms with E-state index < -0.39 is 0 Å². The van der Waals surface area contributed by atoms with Crippen molar-refractivity contribution in [1.82, 2.24) is 30.1 Å². The first kappa shape index (κ1) is 16.7. The maximum Gasteiger partial charge on any atom is 0.320 e. The summed E-state index contributed by atoms with van der Waals surface area (Å²) in [5.74, 6) is 0.889. The average Bonchev–Trinajstić information content (AvgIpc) is 2.90. The Balaban J connectivity index is 1.45. The normalized spacial score (nSPS) is 34.3. The number of nitrogens with one attached hydrogen (secondary N) is 2. The summed E-state index contributed by atoms with van der Waals surface area (Å²) < 4.78 is 1.58. The second-order valence-electron chi connectivity index (χ2n) is 8.11. The van der Waals surface area contributed by atoms with Gasteiger partial charge in [-0.1, -0.05) is 35.5 Å². The largest absolute Gasteiger partial charge is 0.334 e. The molecule has 4 bridgehead atoms. The van der Waals surface area contributed by atoms with Gasteiger partial charge >= 0.3 is 6.03 Å². The summed E-state index contributed by atoms with van der Waals surface area (Å²) in [6, 6.07) is 10.6. The van der Waals surface area contributed by atoms with E-state index >= 15 is 0 Å². The molecule has 4 fully saturated rings. The van der Waals surface area contributed by atoms with Gasteiger partial charge in [0, 0.05) is 63.7 Å². The molecule has 2 N–H and O–H groups in total. The highest BCUT2D eigenvalue weighted by Crippen LogP contribution is 2.43. The number of piperidine rings is 2. The quantitative estimate of drug-likeness (QED) is 0.826. The molecule has 1 aromatic heterocycles. The molecule has 6 rings (SSSR count). The molecule has 0 radical (unpaired) electrons. The Hall–Kier alpha value is -2.45. The van der Waals surface area contributed by atoms with Crippen LogP contribution in [0.1, 0.15) is 5.56 Å². The van der Waals surface area contributed by atoms with Crippen molar-refractivity contribution in [3.63, 3.8) is 0 Å². The molecule has 8 nitrogen and oxygen atoms in total. The first-order chi connectivity index (χ1) is 13.1. The second-order valence-corrected chi connectivity index (χ2v) is 8.11. The van der Waals surface area contributed by atoms with Crippen LogP contribution in [0, 0.1) is 5.92 Å². The van der Waals surface area contributed by atoms with E-state index in [1.54, 1.807) is 17.9 Å². The van der Waals surface area contributed by atoms with Crippen LogP contribution in [0.15, 0.2) is 36.5 Å². The van der Waals surface area contributed by atoms with Gasteiger partial charge in [-0.25, -0.2) is 4.79 Å². The Morgan fingerprint density at radius 2 is 1.85 bits per heavy atom. The Labute approximate surface area is 158 Å². The Kier molecular flexibility index (Phi) is 3.91. The van der Waals surface area contributed by atoms with Crippen LogP contribution in [-0.4, -0.2) is 76.1 Å². The van der Waals surface area contributed by atoms with Crippen molar-refractivity contribution in [2.45, 2.75) is 11.5 Å². The van der Waals surface area contributed by atoms with Gasteiger partial charge in [0.1, 0.15) is 0 Å². The first-order valence-corrected chi connectivity index (χ1v) is 9.56. The number of aryl methyl sites for hydroxylation is 1. The molecule has 142 valence electrons. The third-order valence-electron chi connectivity index (χ3n) is 6.28. The van der Waals surface area contributed by atoms with Gasteiger partial charge < -0.3 is 15.1 Å².